The van der Waals surface area contributed by atoms with Crippen LogP contribution in [0.25, 0.3) is 0 Å². The van der Waals surface area contributed by atoms with E-state index in [0.29, 0.717) is 13.1 Å². The molecule has 0 bridgehead atoms. The summed E-state index contributed by atoms with van der Waals surface area (Å²) in [6.45, 7) is 5.98. The minimum atomic E-state index is -0.391. The molecule has 6 nitrogen and oxygen atoms in total. The summed E-state index contributed by atoms with van der Waals surface area (Å²) in [5.41, 5.74) is 5.03. The highest BCUT2D eigenvalue weighted by Gasteiger charge is 2.35. The van der Waals surface area contributed by atoms with E-state index in [-0.39, 0.29) is 18.2 Å². The van der Waals surface area contributed by atoms with Crippen LogP contribution in [0.15, 0.2) is 24.7 Å². The van der Waals surface area contributed by atoms with E-state index in [1.807, 2.05) is 24.8 Å². The molecule has 0 radical (unpaired) electrons. The molecule has 0 aliphatic carbocycles. The molecule has 3 heterocycles. The van der Waals surface area contributed by atoms with Crippen molar-refractivity contribution in [1.82, 2.24) is 14.5 Å². The molecule has 124 valence electrons. The van der Waals surface area contributed by atoms with E-state index in [2.05, 4.69) is 20.9 Å². The highest BCUT2D eigenvalue weighted by atomic mass is 16.2. The lowest BCUT2D eigenvalue weighted by atomic mass is 9.93. The van der Waals surface area contributed by atoms with Gasteiger partial charge in [0.15, 0.2) is 0 Å². The van der Waals surface area contributed by atoms with Crippen LogP contribution in [-0.4, -0.2) is 32.8 Å². The number of anilines is 1. The highest BCUT2D eigenvalue weighted by Crippen LogP contribution is 2.38. The molecule has 0 saturated heterocycles. The molecule has 2 aliphatic heterocycles. The van der Waals surface area contributed by atoms with Crippen LogP contribution in [0.4, 0.5) is 5.69 Å². The third-order valence-corrected chi connectivity index (χ3v) is 4.94. The Morgan fingerprint density at radius 3 is 3.00 bits per heavy atom. The first-order valence-electron chi connectivity index (χ1n) is 8.21. The average molecular weight is 324 g/mol. The second-order valence-electron chi connectivity index (χ2n) is 6.69. The minimum Gasteiger partial charge on any atom is -0.335 e. The number of carbonyl (C=O) groups is 2. The van der Waals surface area contributed by atoms with E-state index < -0.39 is 5.92 Å². The summed E-state index contributed by atoms with van der Waals surface area (Å²) in [4.78, 5) is 31.0. The SMILES string of the molecule is Cc1cc(C)c2c(c1)[C@H](CC(=O)N1CCn3cncc3C1)C(=O)N2. The number of aryl methyl sites for hydroxylation is 2. The molecule has 1 aromatic heterocycles. The van der Waals surface area contributed by atoms with Crippen molar-refractivity contribution in [3.63, 3.8) is 0 Å². The van der Waals surface area contributed by atoms with Crippen molar-refractivity contribution in [1.29, 1.82) is 0 Å². The predicted molar refractivity (Wildman–Crippen MR) is 89.5 cm³/mol. The van der Waals surface area contributed by atoms with Gasteiger partial charge in [-0.05, 0) is 25.0 Å². The zero-order chi connectivity index (χ0) is 16.8. The van der Waals surface area contributed by atoms with Crippen LogP contribution in [0.3, 0.4) is 0 Å². The fourth-order valence-electron chi connectivity index (χ4n) is 3.70. The molecule has 1 N–H and O–H groups in total. The lowest BCUT2D eigenvalue weighted by Crippen LogP contribution is -2.38. The number of hydrogen-bond acceptors (Lipinski definition) is 3. The van der Waals surface area contributed by atoms with Crippen LogP contribution in [-0.2, 0) is 22.7 Å². The Morgan fingerprint density at radius 2 is 2.17 bits per heavy atom. The molecule has 4 rings (SSSR count). The van der Waals surface area contributed by atoms with Crippen molar-refractivity contribution in [2.24, 2.45) is 0 Å². The van der Waals surface area contributed by atoms with Gasteiger partial charge in [-0.1, -0.05) is 17.7 Å². The van der Waals surface area contributed by atoms with Crippen molar-refractivity contribution in [2.75, 3.05) is 11.9 Å². The van der Waals surface area contributed by atoms with Gasteiger partial charge >= 0.3 is 0 Å². The number of rotatable bonds is 2. The van der Waals surface area contributed by atoms with Gasteiger partial charge in [0.1, 0.15) is 0 Å². The number of aromatic nitrogens is 2. The Bertz CT molecular complexity index is 840. The minimum absolute atomic E-state index is 0.0228. The maximum Gasteiger partial charge on any atom is 0.232 e. The van der Waals surface area contributed by atoms with Gasteiger partial charge in [0, 0.05) is 31.4 Å². The molecule has 2 amide bonds. The molecular weight excluding hydrogens is 304 g/mol. The maximum atomic E-state index is 12.7. The largest absolute Gasteiger partial charge is 0.335 e. The molecule has 1 atom stereocenters. The summed E-state index contributed by atoms with van der Waals surface area (Å²) in [6.07, 6.45) is 3.81. The second-order valence-corrected chi connectivity index (χ2v) is 6.69. The summed E-state index contributed by atoms with van der Waals surface area (Å²) >= 11 is 0. The molecule has 1 aromatic carbocycles. The third kappa shape index (κ3) is 2.38. The predicted octanol–water partition coefficient (Wildman–Crippen LogP) is 1.97. The van der Waals surface area contributed by atoms with Crippen LogP contribution in [0, 0.1) is 13.8 Å². The van der Waals surface area contributed by atoms with Gasteiger partial charge in [0.05, 0.1) is 24.5 Å². The Hall–Kier alpha value is -2.63. The summed E-state index contributed by atoms with van der Waals surface area (Å²) in [5.74, 6) is -0.443. The van der Waals surface area contributed by atoms with Crippen LogP contribution in [0.5, 0.6) is 0 Å². The fraction of sp³-hybridized carbons (Fsp3) is 0.389. The van der Waals surface area contributed by atoms with E-state index in [1.54, 1.807) is 12.5 Å². The molecule has 2 aromatic rings. The van der Waals surface area contributed by atoms with Gasteiger partial charge in [0.25, 0.3) is 0 Å². The van der Waals surface area contributed by atoms with Crippen LogP contribution < -0.4 is 5.32 Å². The molecule has 0 fully saturated rings. The van der Waals surface area contributed by atoms with Gasteiger partial charge in [-0.2, -0.15) is 0 Å². The molecule has 6 heteroatoms. The summed E-state index contributed by atoms with van der Waals surface area (Å²) in [5, 5.41) is 2.94. The molecule has 0 saturated carbocycles. The first kappa shape index (κ1) is 14.9. The number of hydrogen-bond donors (Lipinski definition) is 1. The van der Waals surface area contributed by atoms with Crippen LogP contribution in [0.1, 0.15) is 34.7 Å². The van der Waals surface area contributed by atoms with E-state index in [1.165, 1.54) is 0 Å². The summed E-state index contributed by atoms with van der Waals surface area (Å²) in [7, 11) is 0. The highest BCUT2D eigenvalue weighted by molar-refractivity contribution is 6.05. The number of carbonyl (C=O) groups excluding carboxylic acids is 2. The number of benzene rings is 1. The van der Waals surface area contributed by atoms with E-state index in [0.717, 1.165) is 34.6 Å². The zero-order valence-electron chi connectivity index (χ0n) is 13.9. The molecular formula is C18H20N4O2. The van der Waals surface area contributed by atoms with Crippen molar-refractivity contribution < 1.29 is 9.59 Å². The van der Waals surface area contributed by atoms with E-state index in [9.17, 15) is 9.59 Å². The number of nitrogens with one attached hydrogen (secondary N) is 1. The summed E-state index contributed by atoms with van der Waals surface area (Å²) < 4.78 is 2.06. The lowest BCUT2D eigenvalue weighted by Gasteiger charge is -2.28. The van der Waals surface area contributed by atoms with Gasteiger partial charge in [0.2, 0.25) is 11.8 Å². The topological polar surface area (TPSA) is 67.2 Å². The van der Waals surface area contributed by atoms with Crippen LogP contribution >= 0.6 is 0 Å². The Kier molecular flexibility index (Phi) is 3.40. The van der Waals surface area contributed by atoms with Crippen molar-refractivity contribution in [3.05, 3.63) is 47.0 Å². The van der Waals surface area contributed by atoms with Crippen LogP contribution in [0.2, 0.25) is 0 Å². The normalized spacial score (nSPS) is 19.0. The number of nitrogens with zero attached hydrogens (tertiary/aromatic N) is 3. The smallest absolute Gasteiger partial charge is 0.232 e. The van der Waals surface area contributed by atoms with Crippen molar-refractivity contribution in [3.8, 4) is 0 Å². The van der Waals surface area contributed by atoms with Gasteiger partial charge in [-0.15, -0.1) is 0 Å². The van der Waals surface area contributed by atoms with Gasteiger partial charge in [-0.3, -0.25) is 9.59 Å². The Balaban J connectivity index is 1.54. The number of fused-ring (bicyclic) bond motifs is 2. The third-order valence-electron chi connectivity index (χ3n) is 4.94. The van der Waals surface area contributed by atoms with Crippen molar-refractivity contribution in [2.45, 2.75) is 39.3 Å². The molecule has 0 unspecified atom stereocenters. The first-order valence-corrected chi connectivity index (χ1v) is 8.21. The van der Waals surface area contributed by atoms with Gasteiger partial charge < -0.3 is 14.8 Å². The molecule has 0 spiro atoms. The fourth-order valence-corrected chi connectivity index (χ4v) is 3.70. The summed E-state index contributed by atoms with van der Waals surface area (Å²) in [6, 6.07) is 4.07. The Labute approximate surface area is 140 Å². The standard InChI is InChI=1S/C18H20N4O2/c1-11-5-12(2)17-14(6-11)15(18(24)20-17)7-16(23)21-3-4-22-10-19-8-13(22)9-21/h5-6,8,10,15H,3-4,7,9H2,1-2H3,(H,20,24)/t15-/m0/s1. The molecule has 24 heavy (non-hydrogen) atoms. The molecule has 2 aliphatic rings. The monoisotopic (exact) mass is 324 g/mol. The van der Waals surface area contributed by atoms with Gasteiger partial charge in [-0.25, -0.2) is 4.98 Å². The quantitative estimate of drug-likeness (QED) is 0.918. The Morgan fingerprint density at radius 1 is 1.33 bits per heavy atom. The van der Waals surface area contributed by atoms with Crippen molar-refractivity contribution >= 4 is 17.5 Å². The van der Waals surface area contributed by atoms with E-state index >= 15 is 0 Å². The zero-order valence-corrected chi connectivity index (χ0v) is 13.9. The number of amides is 2. The lowest BCUT2D eigenvalue weighted by molar-refractivity contribution is -0.134. The average Bonchev–Trinajstić information content (AvgIpc) is 3.12. The van der Waals surface area contributed by atoms with E-state index in [4.69, 9.17) is 0 Å². The second kappa shape index (κ2) is 5.47. The number of imidazole rings is 1. The maximum absolute atomic E-state index is 12.7. The first-order chi connectivity index (χ1) is 11.5.